The van der Waals surface area contributed by atoms with E-state index in [2.05, 4.69) is 46.4 Å². The SMILES string of the molecule is Cc1cccc(NC2=NC3CCCCC3CS2)c1Br. The fourth-order valence-electron chi connectivity index (χ4n) is 2.85. The van der Waals surface area contributed by atoms with Gasteiger partial charge in [-0.25, -0.2) is 0 Å². The third-order valence-corrected chi connectivity index (χ3v) is 6.15. The van der Waals surface area contributed by atoms with Crippen molar-refractivity contribution in [1.82, 2.24) is 0 Å². The molecule has 1 heterocycles. The summed E-state index contributed by atoms with van der Waals surface area (Å²) in [5.41, 5.74) is 2.38. The zero-order valence-electron chi connectivity index (χ0n) is 11.2. The molecule has 0 aromatic heterocycles. The second-order valence-corrected chi connectivity index (χ2v) is 7.22. The van der Waals surface area contributed by atoms with Crippen LogP contribution in [-0.2, 0) is 0 Å². The average Bonchev–Trinajstić information content (AvgIpc) is 2.44. The summed E-state index contributed by atoms with van der Waals surface area (Å²) in [6, 6.07) is 6.86. The first-order valence-corrected chi connectivity index (χ1v) is 8.74. The van der Waals surface area contributed by atoms with Crippen LogP contribution in [0.4, 0.5) is 5.69 Å². The van der Waals surface area contributed by atoms with Crippen LogP contribution in [0.15, 0.2) is 27.7 Å². The van der Waals surface area contributed by atoms with Crippen LogP contribution in [0.3, 0.4) is 0 Å². The summed E-state index contributed by atoms with van der Waals surface area (Å²) in [6.45, 7) is 2.11. The number of nitrogens with one attached hydrogen (secondary N) is 1. The molecule has 4 heteroatoms. The molecule has 1 N–H and O–H groups in total. The van der Waals surface area contributed by atoms with Gasteiger partial charge < -0.3 is 5.32 Å². The van der Waals surface area contributed by atoms with E-state index in [9.17, 15) is 0 Å². The number of halogens is 1. The van der Waals surface area contributed by atoms with Crippen LogP contribution in [-0.4, -0.2) is 17.0 Å². The molecule has 0 amide bonds. The predicted molar refractivity (Wildman–Crippen MR) is 88.1 cm³/mol. The number of hydrogen-bond acceptors (Lipinski definition) is 3. The average molecular weight is 339 g/mol. The Labute approximate surface area is 127 Å². The quantitative estimate of drug-likeness (QED) is 0.792. The van der Waals surface area contributed by atoms with Crippen molar-refractivity contribution in [2.45, 2.75) is 38.6 Å². The zero-order valence-corrected chi connectivity index (χ0v) is 13.6. The van der Waals surface area contributed by atoms with Gasteiger partial charge in [-0.3, -0.25) is 4.99 Å². The molecule has 1 aromatic rings. The van der Waals surface area contributed by atoms with Gasteiger partial charge in [0.15, 0.2) is 5.17 Å². The van der Waals surface area contributed by atoms with Crippen LogP contribution in [0.25, 0.3) is 0 Å². The van der Waals surface area contributed by atoms with E-state index in [1.54, 1.807) is 0 Å². The number of aliphatic imine (C=N–C) groups is 1. The lowest BCUT2D eigenvalue weighted by atomic mass is 9.86. The van der Waals surface area contributed by atoms with Crippen LogP contribution in [0, 0.1) is 12.8 Å². The predicted octanol–water partition coefficient (Wildman–Crippen LogP) is 4.83. The van der Waals surface area contributed by atoms with E-state index in [0.717, 1.165) is 21.2 Å². The van der Waals surface area contributed by atoms with Gasteiger partial charge in [-0.05, 0) is 53.2 Å². The van der Waals surface area contributed by atoms with Crippen molar-refractivity contribution in [1.29, 1.82) is 0 Å². The van der Waals surface area contributed by atoms with E-state index >= 15 is 0 Å². The largest absolute Gasteiger partial charge is 0.334 e. The molecule has 3 rings (SSSR count). The van der Waals surface area contributed by atoms with E-state index in [4.69, 9.17) is 4.99 Å². The van der Waals surface area contributed by atoms with Crippen molar-refractivity contribution in [3.63, 3.8) is 0 Å². The topological polar surface area (TPSA) is 24.4 Å². The Morgan fingerprint density at radius 3 is 3.05 bits per heavy atom. The Kier molecular flexibility index (Phi) is 4.18. The highest BCUT2D eigenvalue weighted by atomic mass is 79.9. The smallest absolute Gasteiger partial charge is 0.161 e. The molecule has 2 atom stereocenters. The molecule has 102 valence electrons. The van der Waals surface area contributed by atoms with Crippen LogP contribution < -0.4 is 5.32 Å². The van der Waals surface area contributed by atoms with Crippen molar-refractivity contribution in [2.75, 3.05) is 11.1 Å². The molecule has 1 aromatic carbocycles. The maximum atomic E-state index is 4.92. The molecule has 2 nitrogen and oxygen atoms in total. The van der Waals surface area contributed by atoms with Gasteiger partial charge in [0.1, 0.15) is 0 Å². The summed E-state index contributed by atoms with van der Waals surface area (Å²) >= 11 is 5.53. The van der Waals surface area contributed by atoms with Crippen molar-refractivity contribution in [2.24, 2.45) is 10.9 Å². The molecule has 0 bridgehead atoms. The lowest BCUT2D eigenvalue weighted by molar-refractivity contribution is 0.336. The van der Waals surface area contributed by atoms with Gasteiger partial charge in [-0.15, -0.1) is 0 Å². The number of anilines is 1. The third kappa shape index (κ3) is 3.00. The summed E-state index contributed by atoms with van der Waals surface area (Å²) in [5, 5.41) is 4.58. The van der Waals surface area contributed by atoms with Crippen molar-refractivity contribution < 1.29 is 0 Å². The molecular weight excluding hydrogens is 320 g/mol. The van der Waals surface area contributed by atoms with Gasteiger partial charge in [0, 0.05) is 10.2 Å². The van der Waals surface area contributed by atoms with Gasteiger partial charge in [-0.2, -0.15) is 0 Å². The monoisotopic (exact) mass is 338 g/mol. The van der Waals surface area contributed by atoms with Crippen LogP contribution in [0.5, 0.6) is 0 Å². The Morgan fingerprint density at radius 1 is 1.32 bits per heavy atom. The van der Waals surface area contributed by atoms with Crippen LogP contribution in [0.2, 0.25) is 0 Å². The summed E-state index contributed by atoms with van der Waals surface area (Å²) < 4.78 is 1.14. The normalized spacial score (nSPS) is 26.5. The Balaban J connectivity index is 1.76. The molecule has 1 aliphatic heterocycles. The Hall–Kier alpha value is -0.480. The fourth-order valence-corrected chi connectivity index (χ4v) is 4.37. The highest BCUT2D eigenvalue weighted by molar-refractivity contribution is 9.10. The molecule has 2 unspecified atom stereocenters. The van der Waals surface area contributed by atoms with Gasteiger partial charge in [-0.1, -0.05) is 36.7 Å². The first-order valence-electron chi connectivity index (χ1n) is 6.97. The van der Waals surface area contributed by atoms with Crippen LogP contribution in [0.1, 0.15) is 31.2 Å². The number of fused-ring (bicyclic) bond motifs is 1. The van der Waals surface area contributed by atoms with Crippen LogP contribution >= 0.6 is 27.7 Å². The zero-order chi connectivity index (χ0) is 13.2. The Bertz CT molecular complexity index is 501. The van der Waals surface area contributed by atoms with E-state index < -0.39 is 0 Å². The molecule has 1 saturated carbocycles. The highest BCUT2D eigenvalue weighted by Crippen LogP contribution is 2.35. The lowest BCUT2D eigenvalue weighted by Gasteiger charge is -2.32. The van der Waals surface area contributed by atoms with E-state index in [-0.39, 0.29) is 0 Å². The maximum Gasteiger partial charge on any atom is 0.161 e. The van der Waals surface area contributed by atoms with Gasteiger partial charge >= 0.3 is 0 Å². The third-order valence-electron chi connectivity index (χ3n) is 4.02. The first kappa shape index (κ1) is 13.5. The summed E-state index contributed by atoms with van der Waals surface area (Å²) in [5.74, 6) is 2.03. The molecular formula is C15H19BrN2S. The lowest BCUT2D eigenvalue weighted by Crippen LogP contribution is -2.31. The Morgan fingerprint density at radius 2 is 2.16 bits per heavy atom. The standard InChI is InChI=1S/C15H19BrN2S/c1-10-5-4-8-13(14(10)16)18-15-17-12-7-3-2-6-11(12)9-19-15/h4-5,8,11-12H,2-3,6-7,9H2,1H3,(H,17,18). The van der Waals surface area contributed by atoms with Crippen molar-refractivity contribution in [3.05, 3.63) is 28.2 Å². The van der Waals surface area contributed by atoms with Crippen molar-refractivity contribution in [3.8, 4) is 0 Å². The molecule has 2 aliphatic rings. The van der Waals surface area contributed by atoms with Gasteiger partial charge in [0.05, 0.1) is 11.7 Å². The first-order chi connectivity index (χ1) is 9.24. The molecule has 0 spiro atoms. The van der Waals surface area contributed by atoms with E-state index in [1.165, 1.54) is 37.0 Å². The van der Waals surface area contributed by atoms with E-state index in [1.807, 2.05) is 11.8 Å². The van der Waals surface area contributed by atoms with Crippen molar-refractivity contribution >= 4 is 38.5 Å². The molecule has 0 radical (unpaired) electrons. The second kappa shape index (κ2) is 5.88. The minimum atomic E-state index is 0.557. The number of nitrogens with zero attached hydrogens (tertiary/aromatic N) is 1. The second-order valence-electron chi connectivity index (χ2n) is 5.42. The fraction of sp³-hybridized carbons (Fsp3) is 0.533. The number of hydrogen-bond donors (Lipinski definition) is 1. The number of benzene rings is 1. The number of thioether (sulfide) groups is 1. The summed E-state index contributed by atoms with van der Waals surface area (Å²) in [6.07, 6.45) is 5.37. The van der Waals surface area contributed by atoms with Gasteiger partial charge in [0.25, 0.3) is 0 Å². The minimum absolute atomic E-state index is 0.557. The minimum Gasteiger partial charge on any atom is -0.334 e. The van der Waals surface area contributed by atoms with Gasteiger partial charge in [0.2, 0.25) is 0 Å². The number of amidine groups is 1. The number of aryl methyl sites for hydroxylation is 1. The molecule has 19 heavy (non-hydrogen) atoms. The maximum absolute atomic E-state index is 4.92. The highest BCUT2D eigenvalue weighted by Gasteiger charge is 2.29. The molecule has 1 aliphatic carbocycles. The number of rotatable bonds is 1. The molecule has 0 saturated heterocycles. The van der Waals surface area contributed by atoms with E-state index in [0.29, 0.717) is 6.04 Å². The molecule has 1 fully saturated rings. The summed E-state index contributed by atoms with van der Waals surface area (Å²) in [7, 11) is 0. The summed E-state index contributed by atoms with van der Waals surface area (Å²) in [4.78, 5) is 4.92.